The average molecular weight is 290 g/mol. The molecule has 1 atom stereocenters. The summed E-state index contributed by atoms with van der Waals surface area (Å²) >= 11 is 0. The van der Waals surface area contributed by atoms with Gasteiger partial charge in [0.1, 0.15) is 5.82 Å². The standard InChI is InChI=1S/C12H19FN2O3S/c1-9(6-7-18-2)14-10-4-5-11(13)12(8-10)15-19(3,16)17/h4-5,8-9,14-15H,6-7H2,1-3H3. The monoisotopic (exact) mass is 290 g/mol. The maximum absolute atomic E-state index is 13.5. The second-order valence-electron chi connectivity index (χ2n) is 4.40. The van der Waals surface area contributed by atoms with Crippen molar-refractivity contribution in [1.82, 2.24) is 0 Å². The summed E-state index contributed by atoms with van der Waals surface area (Å²) in [4.78, 5) is 0. The van der Waals surface area contributed by atoms with Crippen molar-refractivity contribution in [3.05, 3.63) is 24.0 Å². The minimum atomic E-state index is -3.50. The van der Waals surface area contributed by atoms with E-state index in [1.54, 1.807) is 13.2 Å². The van der Waals surface area contributed by atoms with E-state index in [1.807, 2.05) is 6.92 Å². The Kier molecular flexibility index (Phi) is 5.56. The lowest BCUT2D eigenvalue weighted by Gasteiger charge is -2.16. The molecule has 7 heteroatoms. The molecule has 0 aliphatic carbocycles. The molecule has 0 amide bonds. The number of hydrogen-bond acceptors (Lipinski definition) is 4. The van der Waals surface area contributed by atoms with Crippen LogP contribution < -0.4 is 10.0 Å². The highest BCUT2D eigenvalue weighted by Crippen LogP contribution is 2.21. The average Bonchev–Trinajstić information content (AvgIpc) is 2.29. The number of nitrogens with one attached hydrogen (secondary N) is 2. The first-order chi connectivity index (χ1) is 8.81. The highest BCUT2D eigenvalue weighted by Gasteiger charge is 2.09. The number of hydrogen-bond donors (Lipinski definition) is 2. The SMILES string of the molecule is COCCC(C)Nc1ccc(F)c(NS(C)(=O)=O)c1. The van der Waals surface area contributed by atoms with Gasteiger partial charge >= 0.3 is 0 Å². The van der Waals surface area contributed by atoms with E-state index >= 15 is 0 Å². The number of rotatable bonds is 7. The van der Waals surface area contributed by atoms with E-state index < -0.39 is 15.8 Å². The van der Waals surface area contributed by atoms with Crippen LogP contribution in [0.4, 0.5) is 15.8 Å². The molecule has 0 aromatic heterocycles. The van der Waals surface area contributed by atoms with Gasteiger partial charge in [-0.3, -0.25) is 4.72 Å². The lowest BCUT2D eigenvalue weighted by molar-refractivity contribution is 0.191. The topological polar surface area (TPSA) is 67.4 Å². The normalized spacial score (nSPS) is 13.1. The van der Waals surface area contributed by atoms with Crippen LogP contribution in [0, 0.1) is 5.82 Å². The molecule has 0 saturated carbocycles. The number of benzene rings is 1. The van der Waals surface area contributed by atoms with Crippen molar-refractivity contribution >= 4 is 21.4 Å². The van der Waals surface area contributed by atoms with Crippen LogP contribution in [0.15, 0.2) is 18.2 Å². The van der Waals surface area contributed by atoms with Crippen LogP contribution in [0.5, 0.6) is 0 Å². The molecule has 0 saturated heterocycles. The summed E-state index contributed by atoms with van der Waals surface area (Å²) < 4.78 is 42.8. The van der Waals surface area contributed by atoms with Crippen LogP contribution in [-0.2, 0) is 14.8 Å². The molecule has 1 unspecified atom stereocenters. The van der Waals surface area contributed by atoms with Gasteiger partial charge in [-0.25, -0.2) is 12.8 Å². The molecule has 0 aliphatic rings. The van der Waals surface area contributed by atoms with Crippen molar-refractivity contribution < 1.29 is 17.5 Å². The zero-order valence-corrected chi connectivity index (χ0v) is 12.1. The Balaban J connectivity index is 2.78. The minimum absolute atomic E-state index is 0.0635. The molecule has 2 N–H and O–H groups in total. The molecule has 0 heterocycles. The summed E-state index contributed by atoms with van der Waals surface area (Å²) in [5, 5.41) is 3.15. The maximum Gasteiger partial charge on any atom is 0.229 e. The van der Waals surface area contributed by atoms with Crippen molar-refractivity contribution in [2.24, 2.45) is 0 Å². The van der Waals surface area contributed by atoms with Crippen molar-refractivity contribution in [3.8, 4) is 0 Å². The van der Waals surface area contributed by atoms with E-state index in [2.05, 4.69) is 10.0 Å². The van der Waals surface area contributed by atoms with Crippen LogP contribution >= 0.6 is 0 Å². The van der Waals surface area contributed by atoms with Gasteiger partial charge in [0.2, 0.25) is 10.0 Å². The van der Waals surface area contributed by atoms with E-state index in [0.29, 0.717) is 12.3 Å². The van der Waals surface area contributed by atoms with Gasteiger partial charge in [0.15, 0.2) is 0 Å². The Labute approximate surface area is 113 Å². The van der Waals surface area contributed by atoms with Crippen LogP contribution in [0.2, 0.25) is 0 Å². The number of ether oxygens (including phenoxy) is 1. The van der Waals surface area contributed by atoms with E-state index in [-0.39, 0.29) is 11.7 Å². The number of halogens is 1. The lowest BCUT2D eigenvalue weighted by atomic mass is 10.2. The zero-order chi connectivity index (χ0) is 14.5. The van der Waals surface area contributed by atoms with Gasteiger partial charge in [0, 0.05) is 25.4 Å². The first-order valence-corrected chi connectivity index (χ1v) is 7.74. The van der Waals surface area contributed by atoms with Crippen LogP contribution in [0.1, 0.15) is 13.3 Å². The van der Waals surface area contributed by atoms with Crippen molar-refractivity contribution in [2.45, 2.75) is 19.4 Å². The Morgan fingerprint density at radius 1 is 1.42 bits per heavy atom. The largest absolute Gasteiger partial charge is 0.385 e. The minimum Gasteiger partial charge on any atom is -0.385 e. The smallest absolute Gasteiger partial charge is 0.229 e. The predicted octanol–water partition coefficient (Wildman–Crippen LogP) is 2.03. The third-order valence-electron chi connectivity index (χ3n) is 2.43. The van der Waals surface area contributed by atoms with Gasteiger partial charge in [-0.15, -0.1) is 0 Å². The number of anilines is 2. The van der Waals surface area contributed by atoms with E-state index in [9.17, 15) is 12.8 Å². The fourth-order valence-electron chi connectivity index (χ4n) is 1.54. The molecule has 0 fully saturated rings. The molecular formula is C12H19FN2O3S. The molecule has 0 bridgehead atoms. The molecule has 0 spiro atoms. The molecule has 1 aromatic rings. The fourth-order valence-corrected chi connectivity index (χ4v) is 2.10. The number of sulfonamides is 1. The van der Waals surface area contributed by atoms with Crippen molar-refractivity contribution in [3.63, 3.8) is 0 Å². The maximum atomic E-state index is 13.5. The third-order valence-corrected chi connectivity index (χ3v) is 3.02. The van der Waals surface area contributed by atoms with Gasteiger partial charge < -0.3 is 10.1 Å². The van der Waals surface area contributed by atoms with E-state index in [1.165, 1.54) is 12.1 Å². The van der Waals surface area contributed by atoms with E-state index in [0.717, 1.165) is 12.7 Å². The van der Waals surface area contributed by atoms with Gasteiger partial charge in [-0.05, 0) is 31.5 Å². The summed E-state index contributed by atoms with van der Waals surface area (Å²) in [6.45, 7) is 2.58. The molecule has 1 rings (SSSR count). The summed E-state index contributed by atoms with van der Waals surface area (Å²) in [7, 11) is -1.87. The Bertz CT molecular complexity index is 520. The summed E-state index contributed by atoms with van der Waals surface area (Å²) in [5.41, 5.74) is 0.586. The van der Waals surface area contributed by atoms with Crippen LogP contribution in [0.25, 0.3) is 0 Å². The van der Waals surface area contributed by atoms with Crippen molar-refractivity contribution in [1.29, 1.82) is 0 Å². The van der Waals surface area contributed by atoms with Gasteiger partial charge in [0.05, 0.1) is 11.9 Å². The zero-order valence-electron chi connectivity index (χ0n) is 11.2. The van der Waals surface area contributed by atoms with E-state index in [4.69, 9.17) is 4.74 Å². The van der Waals surface area contributed by atoms with Gasteiger partial charge in [-0.2, -0.15) is 0 Å². The molecule has 5 nitrogen and oxygen atoms in total. The molecular weight excluding hydrogens is 271 g/mol. The van der Waals surface area contributed by atoms with Gasteiger partial charge in [0.25, 0.3) is 0 Å². The first kappa shape index (κ1) is 15.7. The second kappa shape index (κ2) is 6.72. The summed E-state index contributed by atoms with van der Waals surface area (Å²) in [6, 6.07) is 4.35. The Morgan fingerprint density at radius 3 is 2.68 bits per heavy atom. The van der Waals surface area contributed by atoms with Gasteiger partial charge in [-0.1, -0.05) is 0 Å². The lowest BCUT2D eigenvalue weighted by Crippen LogP contribution is -2.17. The first-order valence-electron chi connectivity index (χ1n) is 5.84. The molecule has 0 radical (unpaired) electrons. The highest BCUT2D eigenvalue weighted by molar-refractivity contribution is 7.92. The van der Waals surface area contributed by atoms with Crippen LogP contribution in [0.3, 0.4) is 0 Å². The summed E-state index contributed by atoms with van der Waals surface area (Å²) in [5.74, 6) is -0.611. The summed E-state index contributed by atoms with van der Waals surface area (Å²) in [6.07, 6.45) is 1.77. The Morgan fingerprint density at radius 2 is 2.11 bits per heavy atom. The third kappa shape index (κ3) is 5.89. The second-order valence-corrected chi connectivity index (χ2v) is 6.14. The van der Waals surface area contributed by atoms with Crippen LogP contribution in [-0.4, -0.2) is 34.4 Å². The van der Waals surface area contributed by atoms with Crippen molar-refractivity contribution in [2.75, 3.05) is 30.0 Å². The molecule has 0 aliphatic heterocycles. The number of methoxy groups -OCH3 is 1. The quantitative estimate of drug-likeness (QED) is 0.806. The molecule has 19 heavy (non-hydrogen) atoms. The molecule has 108 valence electrons. The fraction of sp³-hybridized carbons (Fsp3) is 0.500. The molecule has 1 aromatic carbocycles. The highest BCUT2D eigenvalue weighted by atomic mass is 32.2. The Hall–Kier alpha value is -1.34. The predicted molar refractivity (Wildman–Crippen MR) is 74.4 cm³/mol.